The van der Waals surface area contributed by atoms with E-state index in [1.54, 1.807) is 9.80 Å². The number of carbonyl (C=O) groups excluding carboxylic acids is 3. The molecule has 8 heteroatoms. The molecule has 5 rings (SSSR count). The molecule has 0 bridgehead atoms. The fourth-order valence-corrected chi connectivity index (χ4v) is 7.18. The summed E-state index contributed by atoms with van der Waals surface area (Å²) in [5.74, 6) is -1.93. The van der Waals surface area contributed by atoms with E-state index in [9.17, 15) is 19.5 Å². The third kappa shape index (κ3) is 4.69. The Kier molecular flexibility index (Phi) is 8.47. The maximum absolute atomic E-state index is 14.5. The number of rotatable bonds is 11. The number of benzene rings is 1. The number of nitrogens with zero attached hydrogens (tertiary/aromatic N) is 3. The molecule has 1 aromatic rings. The summed E-state index contributed by atoms with van der Waals surface area (Å²) in [7, 11) is 0. The second-order valence-electron chi connectivity index (χ2n) is 11.5. The highest BCUT2D eigenvalue weighted by molar-refractivity contribution is 6.04. The number of aliphatic hydroxyl groups is 1. The van der Waals surface area contributed by atoms with Gasteiger partial charge in [-0.1, -0.05) is 75.6 Å². The molecule has 0 aliphatic carbocycles. The lowest BCUT2D eigenvalue weighted by atomic mass is 9.73. The Balaban J connectivity index is 1.57. The van der Waals surface area contributed by atoms with Crippen molar-refractivity contribution < 1.29 is 24.2 Å². The summed E-state index contributed by atoms with van der Waals surface area (Å²) >= 11 is 0. The first-order chi connectivity index (χ1) is 19.4. The van der Waals surface area contributed by atoms with Gasteiger partial charge in [-0.15, -0.1) is 0 Å². The highest BCUT2D eigenvalue weighted by Gasteiger charge is 2.75. The molecule has 2 fully saturated rings. The lowest BCUT2D eigenvalue weighted by Crippen LogP contribution is -2.56. The van der Waals surface area contributed by atoms with Crippen LogP contribution in [0.15, 0.2) is 54.6 Å². The first-order valence-corrected chi connectivity index (χ1v) is 15.1. The van der Waals surface area contributed by atoms with Crippen molar-refractivity contribution in [3.63, 3.8) is 0 Å². The van der Waals surface area contributed by atoms with Gasteiger partial charge >= 0.3 is 0 Å². The van der Waals surface area contributed by atoms with Crippen molar-refractivity contribution in [1.29, 1.82) is 0 Å². The van der Waals surface area contributed by atoms with Gasteiger partial charge in [-0.2, -0.15) is 0 Å². The Morgan fingerprint density at radius 1 is 0.850 bits per heavy atom. The second kappa shape index (κ2) is 11.9. The molecule has 2 saturated heterocycles. The SMILES string of the molecule is CCCCN1CC=C[C@]23O[C@]4(CC)C=CCN(c5ccccc5)C(=O)[C@@H]4[C@H]2C(=O)N(CCCCCCO)C3C1=O. The van der Waals surface area contributed by atoms with E-state index < -0.39 is 29.1 Å². The maximum atomic E-state index is 14.5. The molecule has 8 nitrogen and oxygen atoms in total. The molecule has 216 valence electrons. The maximum Gasteiger partial charge on any atom is 0.249 e. The van der Waals surface area contributed by atoms with Gasteiger partial charge in [-0.3, -0.25) is 14.4 Å². The van der Waals surface area contributed by atoms with Crippen molar-refractivity contribution in [3.8, 4) is 0 Å². The fourth-order valence-electron chi connectivity index (χ4n) is 7.18. The number of unbranched alkanes of at least 4 members (excludes halogenated alkanes) is 4. The molecule has 1 N–H and O–H groups in total. The van der Waals surface area contributed by atoms with Crippen LogP contribution in [-0.2, 0) is 19.1 Å². The lowest BCUT2D eigenvalue weighted by molar-refractivity contribution is -0.152. The van der Waals surface area contributed by atoms with Crippen LogP contribution in [0.1, 0.15) is 58.8 Å². The zero-order valence-corrected chi connectivity index (χ0v) is 23.8. The largest absolute Gasteiger partial charge is 0.396 e. The molecule has 1 unspecified atom stereocenters. The van der Waals surface area contributed by atoms with E-state index >= 15 is 0 Å². The van der Waals surface area contributed by atoms with E-state index in [0.29, 0.717) is 32.6 Å². The van der Waals surface area contributed by atoms with Gasteiger partial charge in [0.25, 0.3) is 0 Å². The van der Waals surface area contributed by atoms with Gasteiger partial charge < -0.3 is 24.5 Å². The average molecular weight is 550 g/mol. The summed E-state index contributed by atoms with van der Waals surface area (Å²) in [5.41, 5.74) is -1.40. The molecule has 3 amide bonds. The lowest BCUT2D eigenvalue weighted by Gasteiger charge is -2.38. The van der Waals surface area contributed by atoms with Crippen LogP contribution in [-0.4, -0.2) is 82.7 Å². The smallest absolute Gasteiger partial charge is 0.249 e. The number of likely N-dealkylation sites (tertiary alicyclic amines) is 1. The summed E-state index contributed by atoms with van der Waals surface area (Å²) in [6, 6.07) is 8.75. The Bertz CT molecular complexity index is 1150. The van der Waals surface area contributed by atoms with Crippen molar-refractivity contribution in [2.24, 2.45) is 11.8 Å². The molecule has 5 atom stereocenters. The van der Waals surface area contributed by atoms with Crippen LogP contribution in [0.2, 0.25) is 0 Å². The molecule has 40 heavy (non-hydrogen) atoms. The minimum atomic E-state index is -1.21. The molecular weight excluding hydrogens is 506 g/mol. The standard InChI is InChI=1S/C32H43N3O5/c1-3-5-19-33-20-14-18-32-26(29(38)35(27(32)30(33)39)21-11-6-7-12-23-36)25-28(37)34(24-15-9-8-10-16-24)22-13-17-31(25,4-2)40-32/h8-10,13-18,25-27,36H,3-7,11-12,19-23H2,1-2H3/t25-,26-,27?,31+,32-/m0/s1. The molecule has 0 saturated carbocycles. The van der Waals surface area contributed by atoms with E-state index in [1.807, 2.05) is 66.5 Å². The topological polar surface area (TPSA) is 90.4 Å². The zero-order chi connectivity index (χ0) is 28.3. The van der Waals surface area contributed by atoms with Gasteiger partial charge in [-0.05, 0) is 37.8 Å². The third-order valence-electron chi connectivity index (χ3n) is 9.18. The van der Waals surface area contributed by atoms with Crippen LogP contribution < -0.4 is 4.90 Å². The number of anilines is 1. The van der Waals surface area contributed by atoms with Crippen LogP contribution >= 0.6 is 0 Å². The predicted molar refractivity (Wildman–Crippen MR) is 153 cm³/mol. The van der Waals surface area contributed by atoms with Crippen LogP contribution in [0.5, 0.6) is 0 Å². The van der Waals surface area contributed by atoms with Gasteiger partial charge in [0.05, 0.1) is 17.4 Å². The number of hydrogen-bond donors (Lipinski definition) is 1. The summed E-state index contributed by atoms with van der Waals surface area (Å²) in [4.78, 5) is 48.5. The van der Waals surface area contributed by atoms with E-state index in [4.69, 9.17) is 4.74 Å². The highest BCUT2D eigenvalue weighted by Crippen LogP contribution is 2.58. The predicted octanol–water partition coefficient (Wildman–Crippen LogP) is 3.70. The molecule has 0 radical (unpaired) electrons. The van der Waals surface area contributed by atoms with Gasteiger partial charge in [0.2, 0.25) is 17.7 Å². The van der Waals surface area contributed by atoms with Crippen LogP contribution in [0.3, 0.4) is 0 Å². The number of aliphatic hydroxyl groups excluding tert-OH is 1. The van der Waals surface area contributed by atoms with Crippen LogP contribution in [0, 0.1) is 11.8 Å². The van der Waals surface area contributed by atoms with Crippen LogP contribution in [0.25, 0.3) is 0 Å². The van der Waals surface area contributed by atoms with Crippen LogP contribution in [0.4, 0.5) is 5.69 Å². The van der Waals surface area contributed by atoms with Gasteiger partial charge in [0.1, 0.15) is 11.6 Å². The second-order valence-corrected chi connectivity index (χ2v) is 11.5. The molecular formula is C32H43N3O5. The Hall–Kier alpha value is -2.97. The molecule has 1 spiro atoms. The first-order valence-electron chi connectivity index (χ1n) is 15.1. The number of carbonyl (C=O) groups is 3. The van der Waals surface area contributed by atoms with Gasteiger partial charge in [0.15, 0.2) is 0 Å². The Morgan fingerprint density at radius 3 is 2.33 bits per heavy atom. The minimum Gasteiger partial charge on any atom is -0.396 e. The summed E-state index contributed by atoms with van der Waals surface area (Å²) in [5, 5.41) is 9.18. The molecule has 4 heterocycles. The first kappa shape index (κ1) is 28.6. The number of amides is 3. The van der Waals surface area contributed by atoms with E-state index in [2.05, 4.69) is 6.92 Å². The van der Waals surface area contributed by atoms with Crippen molar-refractivity contribution in [2.75, 3.05) is 37.7 Å². The minimum absolute atomic E-state index is 0.0938. The molecule has 4 aliphatic heterocycles. The van der Waals surface area contributed by atoms with E-state index in [0.717, 1.165) is 44.2 Å². The summed E-state index contributed by atoms with van der Waals surface area (Å²) in [6.45, 7) is 6.16. The van der Waals surface area contributed by atoms with Crippen molar-refractivity contribution in [2.45, 2.75) is 76.0 Å². The summed E-state index contributed by atoms with van der Waals surface area (Å²) < 4.78 is 7.04. The molecule has 4 aliphatic rings. The normalized spacial score (nSPS) is 31.3. The quantitative estimate of drug-likeness (QED) is 0.336. The number of para-hydroxylation sites is 1. The van der Waals surface area contributed by atoms with Gasteiger partial charge in [-0.25, -0.2) is 0 Å². The van der Waals surface area contributed by atoms with Crippen molar-refractivity contribution >= 4 is 23.4 Å². The highest BCUT2D eigenvalue weighted by atomic mass is 16.5. The Labute approximate surface area is 237 Å². The number of hydrogen-bond acceptors (Lipinski definition) is 5. The monoisotopic (exact) mass is 549 g/mol. The van der Waals surface area contributed by atoms with Crippen molar-refractivity contribution in [3.05, 3.63) is 54.6 Å². The average Bonchev–Trinajstić information content (AvgIpc) is 3.25. The Morgan fingerprint density at radius 2 is 1.60 bits per heavy atom. The fraction of sp³-hybridized carbons (Fsp3) is 0.594. The molecule has 1 aromatic carbocycles. The van der Waals surface area contributed by atoms with Gasteiger partial charge in [0, 0.05) is 38.5 Å². The van der Waals surface area contributed by atoms with E-state index in [1.165, 1.54) is 0 Å². The van der Waals surface area contributed by atoms with E-state index in [-0.39, 0.29) is 24.3 Å². The summed E-state index contributed by atoms with van der Waals surface area (Å²) in [6.07, 6.45) is 13.4. The molecule has 0 aromatic heterocycles. The zero-order valence-electron chi connectivity index (χ0n) is 23.8. The van der Waals surface area contributed by atoms with Crippen molar-refractivity contribution in [1.82, 2.24) is 9.80 Å². The third-order valence-corrected chi connectivity index (χ3v) is 9.18. The number of fused-ring (bicyclic) bond motifs is 2. The number of ether oxygens (including phenoxy) is 1.